The van der Waals surface area contributed by atoms with Crippen LogP contribution >= 0.6 is 0 Å². The second-order valence-electron chi connectivity index (χ2n) is 7.81. The Morgan fingerprint density at radius 1 is 0.786 bits per heavy atom. The van der Waals surface area contributed by atoms with Gasteiger partial charge in [-0.1, -0.05) is 45.4 Å². The van der Waals surface area contributed by atoms with E-state index in [1.54, 1.807) is 0 Å². The van der Waals surface area contributed by atoms with Crippen LogP contribution in [0.5, 0.6) is 0 Å². The molecule has 0 amide bonds. The summed E-state index contributed by atoms with van der Waals surface area (Å²) < 4.78 is 38.9. The summed E-state index contributed by atoms with van der Waals surface area (Å²) >= 11 is 0. The smallest absolute Gasteiger partial charge is 0.168 e. The highest BCUT2D eigenvalue weighted by Crippen LogP contribution is 2.33. The Morgan fingerprint density at radius 3 is 1.89 bits per heavy atom. The standard InChI is InChI=1S/C24H40F2O2/c1-5-8-9-10-11-12-15-21(24(4,27-6-2)28-7-3)16-13-14-20-17-22(25)19-23(26)18-20/h17-19,21H,5-16H2,1-4H3. The van der Waals surface area contributed by atoms with Crippen molar-refractivity contribution >= 4 is 0 Å². The molecule has 162 valence electrons. The Balaban J connectivity index is 2.64. The van der Waals surface area contributed by atoms with Gasteiger partial charge in [-0.3, -0.25) is 0 Å². The summed E-state index contributed by atoms with van der Waals surface area (Å²) in [5, 5.41) is 0. The van der Waals surface area contributed by atoms with E-state index in [0.29, 0.717) is 25.2 Å². The van der Waals surface area contributed by atoms with Gasteiger partial charge in [0.15, 0.2) is 5.79 Å². The SMILES string of the molecule is CCCCCCCCC(CCCc1cc(F)cc(F)c1)C(C)(OCC)OCC. The average molecular weight is 399 g/mol. The van der Waals surface area contributed by atoms with Crippen LogP contribution in [0, 0.1) is 17.6 Å². The van der Waals surface area contributed by atoms with Crippen molar-refractivity contribution in [2.24, 2.45) is 5.92 Å². The monoisotopic (exact) mass is 398 g/mol. The molecule has 0 aliphatic carbocycles. The second-order valence-corrected chi connectivity index (χ2v) is 7.81. The Hall–Kier alpha value is -1.00. The quantitative estimate of drug-likeness (QED) is 0.213. The highest BCUT2D eigenvalue weighted by Gasteiger charge is 2.34. The minimum absolute atomic E-state index is 0.275. The minimum atomic E-state index is -0.597. The molecule has 0 saturated heterocycles. The predicted octanol–water partition coefficient (Wildman–Crippen LogP) is 7.44. The van der Waals surface area contributed by atoms with Gasteiger partial charge in [-0.2, -0.15) is 0 Å². The molecule has 0 aliphatic rings. The largest absolute Gasteiger partial charge is 0.350 e. The fourth-order valence-corrected chi connectivity index (χ4v) is 4.00. The van der Waals surface area contributed by atoms with E-state index in [1.165, 1.54) is 50.7 Å². The van der Waals surface area contributed by atoms with E-state index in [0.717, 1.165) is 25.3 Å². The first kappa shape index (κ1) is 25.0. The summed E-state index contributed by atoms with van der Waals surface area (Å²) in [7, 11) is 0. The normalized spacial score (nSPS) is 13.1. The van der Waals surface area contributed by atoms with Gasteiger partial charge in [0.2, 0.25) is 0 Å². The zero-order valence-electron chi connectivity index (χ0n) is 18.4. The maximum Gasteiger partial charge on any atom is 0.168 e. The molecule has 2 nitrogen and oxygen atoms in total. The van der Waals surface area contributed by atoms with Crippen LogP contribution in [0.4, 0.5) is 8.78 Å². The van der Waals surface area contributed by atoms with Crippen molar-refractivity contribution in [2.75, 3.05) is 13.2 Å². The molecule has 0 spiro atoms. The van der Waals surface area contributed by atoms with Gasteiger partial charge in [-0.25, -0.2) is 8.78 Å². The van der Waals surface area contributed by atoms with Crippen LogP contribution in [-0.4, -0.2) is 19.0 Å². The Morgan fingerprint density at radius 2 is 1.32 bits per heavy atom. The molecular formula is C24H40F2O2. The second kappa shape index (κ2) is 14.1. The summed E-state index contributed by atoms with van der Waals surface area (Å²) in [4.78, 5) is 0. The Labute approximate surface area is 171 Å². The molecule has 1 aromatic rings. The summed E-state index contributed by atoms with van der Waals surface area (Å²) in [6.45, 7) is 9.49. The van der Waals surface area contributed by atoms with Crippen LogP contribution in [0.2, 0.25) is 0 Å². The zero-order chi connectivity index (χ0) is 20.8. The van der Waals surface area contributed by atoms with Crippen LogP contribution < -0.4 is 0 Å². The molecule has 1 aromatic carbocycles. The summed E-state index contributed by atoms with van der Waals surface area (Å²) in [5.41, 5.74) is 0.713. The molecule has 0 heterocycles. The summed E-state index contributed by atoms with van der Waals surface area (Å²) in [5.74, 6) is -1.34. The first-order valence-corrected chi connectivity index (χ1v) is 11.2. The molecule has 1 unspecified atom stereocenters. The number of halogens is 2. The van der Waals surface area contributed by atoms with Crippen LogP contribution in [0.1, 0.15) is 91.0 Å². The molecule has 0 aromatic heterocycles. The van der Waals surface area contributed by atoms with Crippen molar-refractivity contribution in [3.05, 3.63) is 35.4 Å². The number of rotatable bonds is 16. The van der Waals surface area contributed by atoms with Crippen LogP contribution in [0.25, 0.3) is 0 Å². The molecule has 0 radical (unpaired) electrons. The van der Waals surface area contributed by atoms with Crippen molar-refractivity contribution in [2.45, 2.75) is 97.7 Å². The van der Waals surface area contributed by atoms with E-state index in [9.17, 15) is 8.78 Å². The van der Waals surface area contributed by atoms with Crippen LogP contribution in [0.15, 0.2) is 18.2 Å². The minimum Gasteiger partial charge on any atom is -0.350 e. The highest BCUT2D eigenvalue weighted by atomic mass is 19.1. The molecular weight excluding hydrogens is 358 g/mol. The van der Waals surface area contributed by atoms with Crippen molar-refractivity contribution in [1.82, 2.24) is 0 Å². The lowest BCUT2D eigenvalue weighted by Gasteiger charge is -2.37. The first-order valence-electron chi connectivity index (χ1n) is 11.2. The van der Waals surface area contributed by atoms with Gasteiger partial charge in [0, 0.05) is 25.2 Å². The van der Waals surface area contributed by atoms with Crippen molar-refractivity contribution in [1.29, 1.82) is 0 Å². The molecule has 28 heavy (non-hydrogen) atoms. The van der Waals surface area contributed by atoms with Crippen molar-refractivity contribution in [3.8, 4) is 0 Å². The number of aryl methyl sites for hydroxylation is 1. The predicted molar refractivity (Wildman–Crippen MR) is 112 cm³/mol. The van der Waals surface area contributed by atoms with E-state index in [2.05, 4.69) is 6.92 Å². The number of ether oxygens (including phenoxy) is 2. The van der Waals surface area contributed by atoms with E-state index in [4.69, 9.17) is 9.47 Å². The van der Waals surface area contributed by atoms with Gasteiger partial charge >= 0.3 is 0 Å². The summed E-state index contributed by atoms with van der Waals surface area (Å²) in [6, 6.07) is 3.78. The maximum atomic E-state index is 13.4. The van der Waals surface area contributed by atoms with E-state index >= 15 is 0 Å². The van der Waals surface area contributed by atoms with E-state index in [-0.39, 0.29) is 5.92 Å². The average Bonchev–Trinajstić information content (AvgIpc) is 2.62. The van der Waals surface area contributed by atoms with Crippen LogP contribution in [0.3, 0.4) is 0 Å². The van der Waals surface area contributed by atoms with Gasteiger partial charge in [-0.15, -0.1) is 0 Å². The molecule has 0 N–H and O–H groups in total. The number of unbranched alkanes of at least 4 members (excludes halogenated alkanes) is 5. The maximum absolute atomic E-state index is 13.4. The lowest BCUT2D eigenvalue weighted by atomic mass is 9.87. The molecule has 0 aliphatic heterocycles. The fourth-order valence-electron chi connectivity index (χ4n) is 4.00. The zero-order valence-corrected chi connectivity index (χ0v) is 18.4. The third-order valence-corrected chi connectivity index (χ3v) is 5.45. The van der Waals surface area contributed by atoms with Crippen molar-refractivity contribution < 1.29 is 18.3 Å². The van der Waals surface area contributed by atoms with Gasteiger partial charge in [0.05, 0.1) is 0 Å². The van der Waals surface area contributed by atoms with Gasteiger partial charge in [-0.05, 0) is 64.2 Å². The third-order valence-electron chi connectivity index (χ3n) is 5.45. The molecule has 4 heteroatoms. The third kappa shape index (κ3) is 9.47. The van der Waals surface area contributed by atoms with E-state index < -0.39 is 17.4 Å². The Kier molecular flexibility index (Phi) is 12.6. The van der Waals surface area contributed by atoms with E-state index in [1.807, 2.05) is 20.8 Å². The topological polar surface area (TPSA) is 18.5 Å². The molecule has 1 rings (SSSR count). The highest BCUT2D eigenvalue weighted by molar-refractivity contribution is 5.17. The molecule has 0 fully saturated rings. The number of hydrogen-bond donors (Lipinski definition) is 0. The first-order chi connectivity index (χ1) is 13.4. The lowest BCUT2D eigenvalue weighted by molar-refractivity contribution is -0.254. The van der Waals surface area contributed by atoms with Crippen LogP contribution in [-0.2, 0) is 15.9 Å². The fraction of sp³-hybridized carbons (Fsp3) is 0.750. The van der Waals surface area contributed by atoms with Crippen molar-refractivity contribution in [3.63, 3.8) is 0 Å². The lowest BCUT2D eigenvalue weighted by Crippen LogP contribution is -2.41. The van der Waals surface area contributed by atoms with Gasteiger partial charge in [0.25, 0.3) is 0 Å². The number of benzene rings is 1. The Bertz CT molecular complexity index is 507. The molecule has 0 saturated carbocycles. The molecule has 0 bridgehead atoms. The van der Waals surface area contributed by atoms with Gasteiger partial charge < -0.3 is 9.47 Å². The summed E-state index contributed by atoms with van der Waals surface area (Å²) in [6.07, 6.45) is 11.1. The van der Waals surface area contributed by atoms with Gasteiger partial charge in [0.1, 0.15) is 11.6 Å². The number of hydrogen-bond acceptors (Lipinski definition) is 2. The molecule has 1 atom stereocenters.